The van der Waals surface area contributed by atoms with E-state index in [1.165, 1.54) is 59.3 Å². The molecule has 0 aliphatic rings. The molecule has 2 aromatic heterocycles. The van der Waals surface area contributed by atoms with E-state index < -0.39 is 15.8 Å². The van der Waals surface area contributed by atoms with E-state index in [0.717, 1.165) is 53.9 Å². The third-order valence-corrected chi connectivity index (χ3v) is 11.6. The number of aryl methyl sites for hydroxylation is 2. The van der Waals surface area contributed by atoms with Crippen LogP contribution >= 0.6 is 36.3 Å². The van der Waals surface area contributed by atoms with Crippen molar-refractivity contribution >= 4 is 85.5 Å². The average Bonchev–Trinajstić information content (AvgIpc) is 3.85. The third kappa shape index (κ3) is 14.4. The van der Waals surface area contributed by atoms with Crippen molar-refractivity contribution in [1.82, 2.24) is 5.32 Å². The number of hydrogen-bond acceptors (Lipinski definition) is 7. The van der Waals surface area contributed by atoms with Crippen LogP contribution in [0.25, 0.3) is 21.9 Å². The molecule has 344 valence electrons. The molecule has 0 bridgehead atoms. The summed E-state index contributed by atoms with van der Waals surface area (Å²) in [5.74, 6) is 0.0647. The Morgan fingerprint density at radius 1 is 0.688 bits per heavy atom. The zero-order valence-corrected chi connectivity index (χ0v) is 42.0. The number of anilines is 1. The summed E-state index contributed by atoms with van der Waals surface area (Å²) in [6.07, 6.45) is 7.40. The number of nitrogens with one attached hydrogen (secondary N) is 1. The van der Waals surface area contributed by atoms with E-state index in [1.807, 2.05) is 55.6 Å². The molecular formula is C50H53BrCuF2IN2O6S. The van der Waals surface area contributed by atoms with Crippen molar-refractivity contribution in [1.29, 1.82) is 0 Å². The van der Waals surface area contributed by atoms with Gasteiger partial charge in [-0.1, -0.05) is 79.9 Å². The van der Waals surface area contributed by atoms with Crippen molar-refractivity contribution in [2.75, 3.05) is 24.2 Å². The normalized spacial score (nSPS) is 10.9. The van der Waals surface area contributed by atoms with Gasteiger partial charge in [-0.05, 0) is 123 Å². The molecule has 0 aliphatic heterocycles. The molecule has 0 unspecified atom stereocenters. The van der Waals surface area contributed by atoms with Crippen LogP contribution in [0.2, 0.25) is 0 Å². The number of carbonyl (C=O) groups is 2. The minimum absolute atomic E-state index is 0.132. The van der Waals surface area contributed by atoms with Gasteiger partial charge in [-0.3, -0.25) is 13.9 Å². The van der Waals surface area contributed by atoms with E-state index in [0.29, 0.717) is 68.9 Å². The molecule has 0 fully saturated rings. The van der Waals surface area contributed by atoms with E-state index in [1.54, 1.807) is 38.5 Å². The number of benzene rings is 5. The number of sulfonamides is 1. The van der Waals surface area contributed by atoms with Crippen LogP contribution in [0.15, 0.2) is 129 Å². The molecule has 0 amide bonds. The Hall–Kier alpha value is -4.18. The fourth-order valence-corrected chi connectivity index (χ4v) is 8.07. The number of carbonyl (C=O) groups excluding carboxylic acids is 2. The molecule has 1 N–H and O–H groups in total. The van der Waals surface area contributed by atoms with Gasteiger partial charge in [0.15, 0.2) is 11.6 Å². The first kappa shape index (κ1) is 52.4. The van der Waals surface area contributed by atoms with E-state index in [-0.39, 0.29) is 23.9 Å². The number of hydrogen-bond donors (Lipinski definition) is 1. The molecular weight excluding hydrogens is 1060 g/mol. The molecule has 7 rings (SSSR count). The second kappa shape index (κ2) is 26.1. The molecule has 8 nitrogen and oxygen atoms in total. The first-order valence-electron chi connectivity index (χ1n) is 20.9. The fourth-order valence-electron chi connectivity index (χ4n) is 6.83. The zero-order chi connectivity index (χ0) is 46.8. The van der Waals surface area contributed by atoms with Crippen LogP contribution in [-0.2, 0) is 42.2 Å². The van der Waals surface area contributed by atoms with Gasteiger partial charge in [0.25, 0.3) is 0 Å². The first-order valence-corrected chi connectivity index (χ1v) is 26.6. The van der Waals surface area contributed by atoms with Crippen molar-refractivity contribution in [3.8, 4) is 0 Å². The summed E-state index contributed by atoms with van der Waals surface area (Å²) >= 11 is 9.31. The van der Waals surface area contributed by atoms with Gasteiger partial charge in [0.1, 0.15) is 34.3 Å². The summed E-state index contributed by atoms with van der Waals surface area (Å²) < 4.78 is 66.1. The molecule has 0 spiro atoms. The second-order valence-corrected chi connectivity index (χ2v) is 17.7. The quantitative estimate of drug-likeness (QED) is 0.0583. The van der Waals surface area contributed by atoms with Gasteiger partial charge in [-0.2, -0.15) is 0 Å². The monoisotopic (exact) mass is 1120 g/mol. The summed E-state index contributed by atoms with van der Waals surface area (Å²) in [7, 11) is -1.64. The molecule has 7 aromatic rings. The van der Waals surface area contributed by atoms with Crippen LogP contribution in [0, 0.1) is 11.6 Å². The summed E-state index contributed by atoms with van der Waals surface area (Å²) in [6, 6.07) is 31.0. The standard InChI is InChI=1S/C27H26FNO4S.C19H16BrFO2.C4H11N.Cu.HI/c1-3-4-10-25-26(27(30)20-11-13-21(28)14-12-20)23-17-22(15-16-24(23)33-25)29(34(2,31)32)18-19-8-6-5-7-9-19;1-2-3-4-17-18(15-11-13(20)7-10-16(15)23-17)19(22)12-5-8-14(21)9-6-12;1-3-4-5-2;;/h5-9,11-17H,3-4,10,18H2,1-2H3;5-11H,2-4H2,1H3;5H,3-4H2,1-2H3;;1H/q;;;+1;/p-1. The van der Waals surface area contributed by atoms with Gasteiger partial charge in [0.05, 0.1) is 29.6 Å². The number of rotatable bonds is 16. The van der Waals surface area contributed by atoms with E-state index >= 15 is 0 Å². The fraction of sp³-hybridized carbons (Fsp3) is 0.280. The third-order valence-electron chi connectivity index (χ3n) is 10.0. The Morgan fingerprint density at radius 2 is 1.16 bits per heavy atom. The number of furan rings is 2. The van der Waals surface area contributed by atoms with Gasteiger partial charge in [-0.25, -0.2) is 17.2 Å². The molecule has 0 radical (unpaired) electrons. The topological polar surface area (TPSA) is 110 Å². The van der Waals surface area contributed by atoms with Crippen molar-refractivity contribution in [3.05, 3.63) is 171 Å². The molecule has 5 aromatic carbocycles. The van der Waals surface area contributed by atoms with Crippen LogP contribution < -0.4 is 9.62 Å². The summed E-state index contributed by atoms with van der Waals surface area (Å²) in [6.45, 7) is 7.60. The molecule has 0 saturated heterocycles. The molecule has 0 aliphatic carbocycles. The van der Waals surface area contributed by atoms with E-state index in [9.17, 15) is 26.8 Å². The molecule has 64 heavy (non-hydrogen) atoms. The number of unbranched alkanes of at least 4 members (excludes halogenated alkanes) is 2. The van der Waals surface area contributed by atoms with Gasteiger partial charge in [0, 0.05) is 39.2 Å². The zero-order valence-electron chi connectivity index (χ0n) is 36.5. The Balaban J connectivity index is 0.000000258. The Bertz CT molecular complexity index is 2690. The predicted octanol–water partition coefficient (Wildman–Crippen LogP) is 13.5. The van der Waals surface area contributed by atoms with Crippen molar-refractivity contribution in [2.45, 2.75) is 72.3 Å². The van der Waals surface area contributed by atoms with Gasteiger partial charge in [-0.15, -0.1) is 0 Å². The minimum atomic E-state index is -3.61. The average molecular weight is 1120 g/mol. The first-order chi connectivity index (χ1) is 30.8. The van der Waals surface area contributed by atoms with Crippen LogP contribution in [0.1, 0.15) is 102 Å². The van der Waals surface area contributed by atoms with E-state index in [4.69, 9.17) is 8.83 Å². The van der Waals surface area contributed by atoms with Gasteiger partial charge < -0.3 is 14.2 Å². The Labute approximate surface area is 403 Å². The molecule has 0 atom stereocenters. The van der Waals surface area contributed by atoms with Crippen LogP contribution in [-0.4, -0.2) is 39.8 Å². The maximum atomic E-state index is 13.5. The summed E-state index contributed by atoms with van der Waals surface area (Å²) in [5, 5.41) is 4.35. The number of halogens is 4. The second-order valence-electron chi connectivity index (χ2n) is 14.9. The summed E-state index contributed by atoms with van der Waals surface area (Å²) in [4.78, 5) is 26.4. The maximum absolute atomic E-state index is 13.5. The van der Waals surface area contributed by atoms with Crippen molar-refractivity contribution in [3.63, 3.8) is 0 Å². The van der Waals surface area contributed by atoms with Crippen LogP contribution in [0.5, 0.6) is 0 Å². The Kier molecular flexibility index (Phi) is 21.4. The predicted molar refractivity (Wildman–Crippen MR) is 263 cm³/mol. The molecule has 2 heterocycles. The number of ketones is 2. The SMILES string of the molecule is CCCCc1oc2ccc(Br)cc2c1C(=O)c1ccc(F)cc1.CCCCc1oc2ccc(N(Cc3ccccc3)S(C)(=O)=O)cc2c1C(=O)c1ccc(F)cc1.CCCNC.[Cu][I]. The number of nitrogens with zero attached hydrogens (tertiary/aromatic N) is 1. The Morgan fingerprint density at radius 3 is 1.58 bits per heavy atom. The van der Waals surface area contributed by atoms with Crippen molar-refractivity contribution in [2.24, 2.45) is 0 Å². The van der Waals surface area contributed by atoms with Crippen LogP contribution in [0.3, 0.4) is 0 Å². The summed E-state index contributed by atoms with van der Waals surface area (Å²) in [5.41, 5.74) is 4.27. The van der Waals surface area contributed by atoms with Gasteiger partial charge >= 0.3 is 33.1 Å². The van der Waals surface area contributed by atoms with Crippen LogP contribution in [0.4, 0.5) is 14.5 Å². The molecule has 14 heteroatoms. The van der Waals surface area contributed by atoms with Crippen molar-refractivity contribution < 1.29 is 48.4 Å². The number of fused-ring (bicyclic) bond motifs is 2. The van der Waals surface area contributed by atoms with E-state index in [2.05, 4.69) is 54.8 Å². The molecule has 0 saturated carbocycles. The van der Waals surface area contributed by atoms with Gasteiger partial charge in [0.2, 0.25) is 10.0 Å².